The van der Waals surface area contributed by atoms with E-state index in [-0.39, 0.29) is 0 Å². The first kappa shape index (κ1) is 47.4. The Morgan fingerprint density at radius 3 is 0.571 bits per heavy atom. The van der Waals surface area contributed by atoms with Crippen molar-refractivity contribution in [1.82, 2.24) is 0 Å². The molecule has 0 saturated heterocycles. The smallest absolute Gasteiger partial charge is 0.312 e. The van der Waals surface area contributed by atoms with Crippen LogP contribution in [0.4, 0.5) is 119 Å². The van der Waals surface area contributed by atoms with E-state index < -0.39 is 120 Å². The summed E-state index contributed by atoms with van der Waals surface area (Å²) in [5.74, 6) is -64.6. The lowest BCUT2D eigenvalue weighted by Crippen LogP contribution is -2.61. The molecule has 0 aliphatic rings. The van der Waals surface area contributed by atoms with Gasteiger partial charge in [0.2, 0.25) is 0 Å². The molecule has 0 aliphatic carbocycles. The first-order valence-electron chi connectivity index (χ1n) is 11.3. The highest BCUT2D eigenvalue weighted by Crippen LogP contribution is 2.57. The molecule has 0 aromatic heterocycles. The Balaban J connectivity index is 6.13. The average molecular weight is 820 g/mol. The fraction of sp³-hybridized carbons (Fsp3) is 1.00. The van der Waals surface area contributed by atoms with Crippen LogP contribution in [-0.4, -0.2) is 91.7 Å². The van der Waals surface area contributed by atoms with Gasteiger partial charge in [-0.3, -0.25) is 0 Å². The van der Waals surface area contributed by atoms with Gasteiger partial charge in [-0.15, -0.1) is 0 Å². The van der Waals surface area contributed by atoms with Crippen LogP contribution in [-0.2, 0) is 13.6 Å². The molecule has 0 spiro atoms. The van der Waals surface area contributed by atoms with Crippen molar-refractivity contribution in [3.63, 3.8) is 0 Å². The predicted molar refractivity (Wildman–Crippen MR) is 101 cm³/mol. The van der Waals surface area contributed by atoms with Crippen molar-refractivity contribution in [2.24, 2.45) is 0 Å². The molecule has 0 saturated carbocycles. The molecule has 31 heteroatoms. The van der Waals surface area contributed by atoms with Gasteiger partial charge in [-0.1, -0.05) is 0 Å². The molecule has 0 aromatic rings. The Labute approximate surface area is 253 Å². The first-order valence-corrected chi connectivity index (χ1v) is 12.4. The zero-order valence-corrected chi connectivity index (χ0v) is 23.0. The molecule has 0 amide bonds. The summed E-state index contributed by atoms with van der Waals surface area (Å²) in [6.45, 7) is -7.54. The maximum Gasteiger partial charge on any atom is 0.460 e. The summed E-state index contributed by atoms with van der Waals surface area (Å²) in [4.78, 5) is 0. The van der Waals surface area contributed by atoms with Gasteiger partial charge in [0.1, 0.15) is 0 Å². The quantitative estimate of drug-likeness (QED) is 0.102. The van der Waals surface area contributed by atoms with Crippen LogP contribution in [0.2, 0.25) is 0 Å². The predicted octanol–water partition coefficient (Wildman–Crippen LogP) is 10.8. The van der Waals surface area contributed by atoms with Gasteiger partial charge in [0.15, 0.2) is 0 Å². The Bertz CT molecular complexity index is 943. The molecular weight excluding hydrogens is 808 g/mol. The molecule has 0 fully saturated rings. The van der Waals surface area contributed by atoms with E-state index in [0.29, 0.717) is 0 Å². The van der Waals surface area contributed by atoms with Gasteiger partial charge in [-0.2, -0.15) is 119 Å². The summed E-state index contributed by atoms with van der Waals surface area (Å²) >= 11 is 0. The maximum absolute atomic E-state index is 13.6. The van der Waals surface area contributed by atoms with Crippen LogP contribution >= 0.6 is 8.60 Å². The molecule has 0 unspecified atom stereocenters. The first-order chi connectivity index (χ1) is 21.0. The van der Waals surface area contributed by atoms with Gasteiger partial charge >= 0.3 is 80.4 Å². The highest BCUT2D eigenvalue weighted by atomic mass is 31.2. The third-order valence-electron chi connectivity index (χ3n) is 5.47. The Kier molecular flexibility index (Phi) is 13.6. The van der Waals surface area contributed by atoms with Gasteiger partial charge in [0, 0.05) is 19.3 Å². The van der Waals surface area contributed by atoms with Gasteiger partial charge in [0.05, 0.1) is 19.8 Å². The fourth-order valence-corrected chi connectivity index (χ4v) is 3.50. The number of hydrogen-bond donors (Lipinski definition) is 0. The van der Waals surface area contributed by atoms with Gasteiger partial charge in [0.25, 0.3) is 0 Å². The SMILES string of the molecule is FC(F)(F)C(F)(F)C(F)(F)C(F)(F)CCOP(OCCC(F)(F)C(F)(F)C(F)(F)C(F)(F)F)OCCC(F)(F)C(F)(F)C(F)(F)C(F)(F)F. The molecule has 0 N–H and O–H groups in total. The lowest BCUT2D eigenvalue weighted by molar-refractivity contribution is -0.397. The molecule has 0 heterocycles. The lowest BCUT2D eigenvalue weighted by atomic mass is 10.0. The van der Waals surface area contributed by atoms with Crippen molar-refractivity contribution < 1.29 is 132 Å². The molecule has 3 nitrogen and oxygen atoms in total. The van der Waals surface area contributed by atoms with Crippen molar-refractivity contribution >= 4 is 8.60 Å². The van der Waals surface area contributed by atoms with Crippen molar-refractivity contribution in [3.05, 3.63) is 0 Å². The van der Waals surface area contributed by atoms with Crippen molar-refractivity contribution in [2.45, 2.75) is 91.1 Å². The van der Waals surface area contributed by atoms with Gasteiger partial charge in [-0.05, 0) is 0 Å². The molecule has 296 valence electrons. The standard InChI is InChI=1S/C18H12F27O3P/c19-7(20,10(25,26)13(31,32)16(37,38)39)1-4-46-49(47-5-2-8(21,22)11(27,28)14(33,34)17(40,41)42)48-6-3-9(23,24)12(29,30)15(35,36)18(43,44)45/h1-6H2. The second-order valence-corrected chi connectivity index (χ2v) is 10.2. The second kappa shape index (κ2) is 14.1. The second-order valence-electron chi connectivity index (χ2n) is 9.03. The summed E-state index contributed by atoms with van der Waals surface area (Å²) < 4.78 is 360. The Hall–Kier alpha value is -1.58. The molecule has 0 bridgehead atoms. The van der Waals surface area contributed by atoms with Crippen LogP contribution < -0.4 is 0 Å². The summed E-state index contributed by atoms with van der Waals surface area (Å²) in [6, 6.07) is 0. The fourth-order valence-electron chi connectivity index (χ4n) is 2.55. The minimum atomic E-state index is -7.55. The molecule has 0 atom stereocenters. The number of rotatable bonds is 18. The number of alkyl halides is 27. The largest absolute Gasteiger partial charge is 0.460 e. The van der Waals surface area contributed by atoms with Crippen LogP contribution in [0, 0.1) is 0 Å². The van der Waals surface area contributed by atoms with E-state index in [2.05, 4.69) is 13.6 Å². The molecule has 0 radical (unpaired) electrons. The summed E-state index contributed by atoms with van der Waals surface area (Å²) in [6.07, 6.45) is -31.5. The Morgan fingerprint density at radius 2 is 0.429 bits per heavy atom. The monoisotopic (exact) mass is 820 g/mol. The molecule has 0 aliphatic heterocycles. The third-order valence-corrected chi connectivity index (χ3v) is 6.65. The lowest BCUT2D eigenvalue weighted by Gasteiger charge is -2.34. The van der Waals surface area contributed by atoms with Crippen molar-refractivity contribution in [1.29, 1.82) is 0 Å². The van der Waals surface area contributed by atoms with Crippen LogP contribution in [0.3, 0.4) is 0 Å². The molecule has 49 heavy (non-hydrogen) atoms. The molecule has 0 rings (SSSR count). The number of halogens is 27. The highest BCUT2D eigenvalue weighted by Gasteiger charge is 2.83. The summed E-state index contributed by atoms with van der Waals surface area (Å²) in [5.41, 5.74) is 0. The Morgan fingerprint density at radius 1 is 0.265 bits per heavy atom. The van der Waals surface area contributed by atoms with Crippen LogP contribution in [0.1, 0.15) is 19.3 Å². The average Bonchev–Trinajstić information content (AvgIpc) is 2.85. The number of hydrogen-bond acceptors (Lipinski definition) is 3. The van der Waals surface area contributed by atoms with E-state index in [9.17, 15) is 119 Å². The van der Waals surface area contributed by atoms with Crippen LogP contribution in [0.15, 0.2) is 0 Å². The zero-order chi connectivity index (χ0) is 39.9. The van der Waals surface area contributed by atoms with Crippen LogP contribution in [0.25, 0.3) is 0 Å². The molecule has 0 aromatic carbocycles. The van der Waals surface area contributed by atoms with E-state index in [1.807, 2.05) is 0 Å². The zero-order valence-electron chi connectivity index (χ0n) is 22.1. The summed E-state index contributed by atoms with van der Waals surface area (Å²) in [5, 5.41) is 0. The minimum absolute atomic E-state index is 2.51. The van der Waals surface area contributed by atoms with E-state index in [1.165, 1.54) is 0 Å². The van der Waals surface area contributed by atoms with Crippen molar-refractivity contribution in [3.8, 4) is 0 Å². The summed E-state index contributed by atoms with van der Waals surface area (Å²) in [7, 11) is -4.44. The van der Waals surface area contributed by atoms with Gasteiger partial charge < -0.3 is 13.6 Å². The topological polar surface area (TPSA) is 27.7 Å². The minimum Gasteiger partial charge on any atom is -0.312 e. The van der Waals surface area contributed by atoms with Crippen molar-refractivity contribution in [2.75, 3.05) is 19.8 Å². The van der Waals surface area contributed by atoms with E-state index in [0.717, 1.165) is 0 Å². The van der Waals surface area contributed by atoms with Gasteiger partial charge in [-0.25, -0.2) is 0 Å². The van der Waals surface area contributed by atoms with E-state index in [4.69, 9.17) is 0 Å². The van der Waals surface area contributed by atoms with E-state index in [1.54, 1.807) is 0 Å². The molecular formula is C18H12F27O3P. The third kappa shape index (κ3) is 9.08. The normalized spacial score (nSPS) is 16.2. The highest BCUT2D eigenvalue weighted by molar-refractivity contribution is 7.41. The van der Waals surface area contributed by atoms with E-state index >= 15 is 0 Å². The van der Waals surface area contributed by atoms with Crippen LogP contribution in [0.5, 0.6) is 0 Å². The maximum atomic E-state index is 13.6.